The molecule has 1 unspecified atom stereocenters. The highest BCUT2D eigenvalue weighted by atomic mass is 79.9. The summed E-state index contributed by atoms with van der Waals surface area (Å²) in [6.07, 6.45) is 0.862. The van der Waals surface area contributed by atoms with Gasteiger partial charge in [0, 0.05) is 9.53 Å². The van der Waals surface area contributed by atoms with Crippen molar-refractivity contribution < 1.29 is 4.39 Å². The van der Waals surface area contributed by atoms with Gasteiger partial charge in [-0.3, -0.25) is 0 Å². The highest BCUT2D eigenvalue weighted by molar-refractivity contribution is 9.09. The highest BCUT2D eigenvalue weighted by Crippen LogP contribution is 2.36. The molecule has 3 heteroatoms. The summed E-state index contributed by atoms with van der Waals surface area (Å²) < 4.78 is 14.2. The van der Waals surface area contributed by atoms with E-state index < -0.39 is 0 Å². The van der Waals surface area contributed by atoms with E-state index >= 15 is 0 Å². The van der Waals surface area contributed by atoms with Gasteiger partial charge in [-0.2, -0.15) is 0 Å². The van der Waals surface area contributed by atoms with Crippen LogP contribution in [0.1, 0.15) is 16.0 Å². The lowest BCUT2D eigenvalue weighted by atomic mass is 10.0. The minimum absolute atomic E-state index is 0.184. The largest absolute Gasteiger partial charge is 0.207 e. The van der Waals surface area contributed by atoms with Crippen LogP contribution in [0.4, 0.5) is 4.39 Å². The van der Waals surface area contributed by atoms with Crippen molar-refractivity contribution in [2.75, 3.05) is 0 Å². The molecule has 1 atom stereocenters. The zero-order valence-electron chi connectivity index (χ0n) is 10.1. The Hall–Kier alpha value is -1.19. The first kappa shape index (κ1) is 12.8. The van der Waals surface area contributed by atoms with Crippen LogP contribution >= 0.6 is 27.3 Å². The van der Waals surface area contributed by atoms with E-state index in [2.05, 4.69) is 45.6 Å². The molecule has 3 rings (SSSR count). The van der Waals surface area contributed by atoms with Gasteiger partial charge >= 0.3 is 0 Å². The molecule has 0 spiro atoms. The van der Waals surface area contributed by atoms with E-state index in [-0.39, 0.29) is 10.6 Å². The Morgan fingerprint density at radius 1 is 1.05 bits per heavy atom. The van der Waals surface area contributed by atoms with E-state index in [1.807, 2.05) is 12.1 Å². The van der Waals surface area contributed by atoms with E-state index in [0.717, 1.165) is 12.0 Å². The van der Waals surface area contributed by atoms with Gasteiger partial charge in [-0.1, -0.05) is 46.3 Å². The van der Waals surface area contributed by atoms with Crippen LogP contribution in [-0.4, -0.2) is 0 Å². The topological polar surface area (TPSA) is 0 Å². The third kappa shape index (κ3) is 2.72. The summed E-state index contributed by atoms with van der Waals surface area (Å²) in [6.45, 7) is 0. The van der Waals surface area contributed by atoms with Crippen LogP contribution in [0, 0.1) is 5.82 Å². The summed E-state index contributed by atoms with van der Waals surface area (Å²) in [5, 5.41) is 3.50. The standard InChI is InChI=1S/C16H12BrFS/c17-15(9-11-5-7-12(18)8-6-11)14-10-19-16-4-2-1-3-13(14)16/h1-8,10,15H,9H2. The van der Waals surface area contributed by atoms with Crippen LogP contribution in [0.3, 0.4) is 0 Å². The molecule has 0 aliphatic carbocycles. The van der Waals surface area contributed by atoms with Crippen molar-refractivity contribution >= 4 is 37.4 Å². The molecule has 1 heterocycles. The molecule has 0 aliphatic rings. The normalized spacial score (nSPS) is 12.7. The Morgan fingerprint density at radius 3 is 2.58 bits per heavy atom. The van der Waals surface area contributed by atoms with Gasteiger partial charge in [-0.05, 0) is 46.5 Å². The molecule has 3 aromatic rings. The van der Waals surface area contributed by atoms with Crippen molar-refractivity contribution in [1.29, 1.82) is 0 Å². The van der Waals surface area contributed by atoms with Gasteiger partial charge in [0.2, 0.25) is 0 Å². The first-order chi connectivity index (χ1) is 9.24. The number of hydrogen-bond donors (Lipinski definition) is 0. The summed E-state index contributed by atoms with van der Waals surface area (Å²) in [6, 6.07) is 15.1. The van der Waals surface area contributed by atoms with Crippen molar-refractivity contribution in [3.8, 4) is 0 Å². The van der Waals surface area contributed by atoms with Crippen molar-refractivity contribution in [3.63, 3.8) is 0 Å². The summed E-state index contributed by atoms with van der Waals surface area (Å²) >= 11 is 5.52. The third-order valence-corrected chi connectivity index (χ3v) is 4.98. The Labute approximate surface area is 124 Å². The molecule has 0 nitrogen and oxygen atoms in total. The second kappa shape index (κ2) is 5.43. The minimum Gasteiger partial charge on any atom is -0.207 e. The van der Waals surface area contributed by atoms with Crippen molar-refractivity contribution in [1.82, 2.24) is 0 Å². The zero-order chi connectivity index (χ0) is 13.2. The molecular formula is C16H12BrFS. The quantitative estimate of drug-likeness (QED) is 0.537. The molecule has 0 radical (unpaired) electrons. The van der Waals surface area contributed by atoms with Crippen LogP contribution in [0.15, 0.2) is 53.9 Å². The zero-order valence-corrected chi connectivity index (χ0v) is 12.5. The van der Waals surface area contributed by atoms with Gasteiger partial charge in [0.1, 0.15) is 5.82 Å². The summed E-state index contributed by atoms with van der Waals surface area (Å²) in [5.74, 6) is -0.184. The number of rotatable bonds is 3. The number of fused-ring (bicyclic) bond motifs is 1. The molecule has 0 saturated heterocycles. The molecule has 96 valence electrons. The molecular weight excluding hydrogens is 323 g/mol. The molecule has 0 saturated carbocycles. The molecule has 1 aromatic heterocycles. The number of thiophene rings is 1. The number of alkyl halides is 1. The minimum atomic E-state index is -0.184. The second-order valence-electron chi connectivity index (χ2n) is 4.49. The molecule has 2 aromatic carbocycles. The fourth-order valence-electron chi connectivity index (χ4n) is 2.18. The Balaban J connectivity index is 1.87. The first-order valence-electron chi connectivity index (χ1n) is 6.08. The molecule has 0 bridgehead atoms. The molecule has 0 amide bonds. The van der Waals surface area contributed by atoms with Gasteiger partial charge < -0.3 is 0 Å². The maximum Gasteiger partial charge on any atom is 0.123 e. The van der Waals surface area contributed by atoms with Crippen molar-refractivity contribution in [2.45, 2.75) is 11.2 Å². The number of halogens is 2. The van der Waals surface area contributed by atoms with Crippen molar-refractivity contribution in [2.24, 2.45) is 0 Å². The monoisotopic (exact) mass is 334 g/mol. The van der Waals surface area contributed by atoms with Gasteiger partial charge in [0.25, 0.3) is 0 Å². The average Bonchev–Trinajstić information content (AvgIpc) is 2.85. The van der Waals surface area contributed by atoms with Crippen LogP contribution in [0.2, 0.25) is 0 Å². The third-order valence-electron chi connectivity index (χ3n) is 3.18. The van der Waals surface area contributed by atoms with Gasteiger partial charge in [0.15, 0.2) is 0 Å². The van der Waals surface area contributed by atoms with Crippen LogP contribution < -0.4 is 0 Å². The Kier molecular flexibility index (Phi) is 3.67. The number of hydrogen-bond acceptors (Lipinski definition) is 1. The summed E-state index contributed by atoms with van der Waals surface area (Å²) in [5.41, 5.74) is 2.45. The summed E-state index contributed by atoms with van der Waals surface area (Å²) in [7, 11) is 0. The molecule has 19 heavy (non-hydrogen) atoms. The SMILES string of the molecule is Fc1ccc(CC(Br)c2csc3ccccc23)cc1. The van der Waals surface area contributed by atoms with E-state index in [4.69, 9.17) is 0 Å². The lowest BCUT2D eigenvalue weighted by Crippen LogP contribution is -1.94. The fourth-order valence-corrected chi connectivity index (χ4v) is 4.12. The van der Waals surface area contributed by atoms with E-state index in [9.17, 15) is 4.39 Å². The fraction of sp³-hybridized carbons (Fsp3) is 0.125. The Bertz CT molecular complexity index is 687. The molecule has 0 N–H and O–H groups in total. The van der Waals surface area contributed by atoms with Gasteiger partial charge in [-0.25, -0.2) is 4.39 Å². The Morgan fingerprint density at radius 2 is 1.79 bits per heavy atom. The van der Waals surface area contributed by atoms with E-state index in [1.165, 1.54) is 27.8 Å². The van der Waals surface area contributed by atoms with Crippen LogP contribution in [0.25, 0.3) is 10.1 Å². The average molecular weight is 335 g/mol. The lowest BCUT2D eigenvalue weighted by Gasteiger charge is -2.09. The van der Waals surface area contributed by atoms with E-state index in [0.29, 0.717) is 0 Å². The van der Waals surface area contributed by atoms with Gasteiger partial charge in [-0.15, -0.1) is 11.3 Å². The maximum atomic E-state index is 12.9. The van der Waals surface area contributed by atoms with Crippen LogP contribution in [0.5, 0.6) is 0 Å². The van der Waals surface area contributed by atoms with Crippen molar-refractivity contribution in [3.05, 3.63) is 70.9 Å². The second-order valence-corrected chi connectivity index (χ2v) is 6.50. The summed E-state index contributed by atoms with van der Waals surface area (Å²) in [4.78, 5) is 0.258. The van der Waals surface area contributed by atoms with Crippen LogP contribution in [-0.2, 0) is 6.42 Å². The highest BCUT2D eigenvalue weighted by Gasteiger charge is 2.13. The molecule has 0 aliphatic heterocycles. The van der Waals surface area contributed by atoms with Gasteiger partial charge in [0.05, 0.1) is 0 Å². The lowest BCUT2D eigenvalue weighted by molar-refractivity contribution is 0.627. The maximum absolute atomic E-state index is 12.9. The smallest absolute Gasteiger partial charge is 0.123 e. The predicted octanol–water partition coefficient (Wildman–Crippen LogP) is 5.72. The van der Waals surface area contributed by atoms with E-state index in [1.54, 1.807) is 11.3 Å². The first-order valence-corrected chi connectivity index (χ1v) is 7.88. The number of benzene rings is 2. The predicted molar refractivity (Wildman–Crippen MR) is 83.6 cm³/mol. The molecule has 0 fully saturated rings.